The Balaban J connectivity index is 1.94. The van der Waals surface area contributed by atoms with Crippen LogP contribution in [0.15, 0.2) is 29.1 Å². The molecule has 0 aliphatic carbocycles. The average molecular weight is 316 g/mol. The van der Waals surface area contributed by atoms with E-state index in [1.807, 2.05) is 0 Å². The summed E-state index contributed by atoms with van der Waals surface area (Å²) in [6.45, 7) is 0.766. The van der Waals surface area contributed by atoms with E-state index in [1.54, 1.807) is 31.1 Å². The zero-order valence-corrected chi connectivity index (χ0v) is 13.0. The van der Waals surface area contributed by atoms with Gasteiger partial charge in [-0.2, -0.15) is 0 Å². The van der Waals surface area contributed by atoms with Crippen LogP contribution in [0.4, 0.5) is 9.18 Å². The second-order valence-electron chi connectivity index (χ2n) is 5.70. The van der Waals surface area contributed by atoms with Crippen LogP contribution in [0.5, 0.6) is 0 Å². The molecule has 1 aliphatic heterocycles. The van der Waals surface area contributed by atoms with Crippen LogP contribution in [-0.2, 0) is 13.0 Å². The van der Waals surface area contributed by atoms with E-state index >= 15 is 0 Å². The Kier molecular flexibility index (Phi) is 3.85. The normalized spacial score (nSPS) is 13.6. The van der Waals surface area contributed by atoms with Gasteiger partial charge in [0.2, 0.25) is 0 Å². The highest BCUT2D eigenvalue weighted by Crippen LogP contribution is 2.19. The van der Waals surface area contributed by atoms with Gasteiger partial charge in [-0.15, -0.1) is 0 Å². The minimum atomic E-state index is -0.341. The van der Waals surface area contributed by atoms with Gasteiger partial charge in [0.1, 0.15) is 11.6 Å². The Morgan fingerprint density at radius 3 is 2.65 bits per heavy atom. The first kappa shape index (κ1) is 15.2. The summed E-state index contributed by atoms with van der Waals surface area (Å²) in [5, 5.41) is 0. The lowest BCUT2D eigenvalue weighted by Gasteiger charge is -2.30. The number of urea groups is 1. The molecule has 0 atom stereocenters. The monoisotopic (exact) mass is 316 g/mol. The lowest BCUT2D eigenvalue weighted by molar-refractivity contribution is 0.165. The van der Waals surface area contributed by atoms with Gasteiger partial charge < -0.3 is 14.8 Å². The van der Waals surface area contributed by atoms with Crippen LogP contribution in [0.1, 0.15) is 11.3 Å². The van der Waals surface area contributed by atoms with Crippen molar-refractivity contribution in [1.29, 1.82) is 0 Å². The second kappa shape index (κ2) is 5.83. The number of fused-ring (bicyclic) bond motifs is 1. The molecule has 1 N–H and O–H groups in total. The first-order chi connectivity index (χ1) is 11.0. The quantitative estimate of drug-likeness (QED) is 0.869. The van der Waals surface area contributed by atoms with Gasteiger partial charge in [-0.3, -0.25) is 4.79 Å². The summed E-state index contributed by atoms with van der Waals surface area (Å²) < 4.78 is 13.0. The van der Waals surface area contributed by atoms with E-state index in [2.05, 4.69) is 9.97 Å². The van der Waals surface area contributed by atoms with Crippen molar-refractivity contribution in [2.75, 3.05) is 20.6 Å². The number of carbonyl (C=O) groups excluding carboxylic acids is 1. The number of hydrogen-bond donors (Lipinski definition) is 1. The molecule has 0 saturated carbocycles. The number of nitrogens with one attached hydrogen (secondary N) is 1. The molecule has 3 rings (SSSR count). The van der Waals surface area contributed by atoms with E-state index in [9.17, 15) is 14.0 Å². The van der Waals surface area contributed by atoms with Crippen LogP contribution in [0.25, 0.3) is 11.4 Å². The average Bonchev–Trinajstić information content (AvgIpc) is 2.54. The molecular formula is C16H17FN4O2. The highest BCUT2D eigenvalue weighted by molar-refractivity contribution is 5.74. The number of aromatic nitrogens is 2. The number of amides is 2. The molecule has 0 radical (unpaired) electrons. The third-order valence-electron chi connectivity index (χ3n) is 3.84. The van der Waals surface area contributed by atoms with Crippen LogP contribution in [0.2, 0.25) is 0 Å². The molecule has 2 heterocycles. The van der Waals surface area contributed by atoms with Crippen molar-refractivity contribution in [3.63, 3.8) is 0 Å². The first-order valence-corrected chi connectivity index (χ1v) is 7.30. The Hall–Kier alpha value is -2.70. The van der Waals surface area contributed by atoms with Crippen LogP contribution in [-0.4, -0.2) is 46.4 Å². The smallest absolute Gasteiger partial charge is 0.319 e. The Morgan fingerprint density at radius 1 is 1.30 bits per heavy atom. The van der Waals surface area contributed by atoms with E-state index in [0.29, 0.717) is 35.6 Å². The number of nitrogens with zero attached hydrogens (tertiary/aromatic N) is 3. The van der Waals surface area contributed by atoms with Gasteiger partial charge in [-0.05, 0) is 24.3 Å². The predicted molar refractivity (Wildman–Crippen MR) is 83.4 cm³/mol. The van der Waals surface area contributed by atoms with E-state index in [1.165, 1.54) is 17.0 Å². The number of hydrogen-bond acceptors (Lipinski definition) is 3. The van der Waals surface area contributed by atoms with Crippen molar-refractivity contribution in [3.8, 4) is 11.4 Å². The highest BCUT2D eigenvalue weighted by atomic mass is 19.1. The maximum atomic E-state index is 13.0. The second-order valence-corrected chi connectivity index (χ2v) is 5.70. The molecule has 1 aromatic heterocycles. The van der Waals surface area contributed by atoms with Crippen molar-refractivity contribution in [2.24, 2.45) is 0 Å². The summed E-state index contributed by atoms with van der Waals surface area (Å²) in [5.41, 5.74) is 1.59. The van der Waals surface area contributed by atoms with Gasteiger partial charge >= 0.3 is 6.03 Å². The summed E-state index contributed by atoms with van der Waals surface area (Å²) in [6, 6.07) is 5.67. The fraction of sp³-hybridized carbons (Fsp3) is 0.312. The molecule has 0 spiro atoms. The summed E-state index contributed by atoms with van der Waals surface area (Å²) in [5.74, 6) is 0.0769. The van der Waals surface area contributed by atoms with Crippen molar-refractivity contribution in [2.45, 2.75) is 13.0 Å². The molecule has 2 amide bonds. The molecule has 7 heteroatoms. The predicted octanol–water partition coefficient (Wildman–Crippen LogP) is 1.62. The van der Waals surface area contributed by atoms with E-state index in [4.69, 9.17) is 0 Å². The van der Waals surface area contributed by atoms with Gasteiger partial charge in [0.15, 0.2) is 0 Å². The standard InChI is InChI=1S/C16H17FN4O2/c1-20(2)16(23)21-8-7-13-12(9-21)15(22)19-14(18-13)10-3-5-11(17)6-4-10/h3-6H,7-9H2,1-2H3,(H,18,19,22). The van der Waals surface area contributed by atoms with E-state index in [0.717, 1.165) is 0 Å². The number of rotatable bonds is 1. The summed E-state index contributed by atoms with van der Waals surface area (Å²) in [7, 11) is 3.36. The molecule has 0 unspecified atom stereocenters. The highest BCUT2D eigenvalue weighted by Gasteiger charge is 2.25. The Bertz CT molecular complexity index is 799. The number of carbonyl (C=O) groups is 1. The van der Waals surface area contributed by atoms with Gasteiger partial charge in [0, 0.05) is 32.6 Å². The van der Waals surface area contributed by atoms with E-state index < -0.39 is 0 Å². The minimum absolute atomic E-state index is 0.127. The molecule has 23 heavy (non-hydrogen) atoms. The first-order valence-electron chi connectivity index (χ1n) is 7.30. The Morgan fingerprint density at radius 2 is 2.00 bits per heavy atom. The third-order valence-corrected chi connectivity index (χ3v) is 3.84. The third kappa shape index (κ3) is 2.94. The minimum Gasteiger partial charge on any atom is -0.331 e. The number of halogens is 1. The topological polar surface area (TPSA) is 69.3 Å². The molecule has 1 aliphatic rings. The van der Waals surface area contributed by atoms with Crippen LogP contribution in [0, 0.1) is 5.82 Å². The molecule has 2 aromatic rings. The lowest BCUT2D eigenvalue weighted by Crippen LogP contribution is -2.44. The lowest BCUT2D eigenvalue weighted by atomic mass is 10.1. The van der Waals surface area contributed by atoms with Gasteiger partial charge in [0.25, 0.3) is 5.56 Å². The zero-order chi connectivity index (χ0) is 16.6. The number of benzene rings is 1. The summed E-state index contributed by atoms with van der Waals surface area (Å²) in [4.78, 5) is 34.7. The number of H-pyrrole nitrogens is 1. The van der Waals surface area contributed by atoms with Crippen LogP contribution >= 0.6 is 0 Å². The van der Waals surface area contributed by atoms with Gasteiger partial charge in [0.05, 0.1) is 17.8 Å². The van der Waals surface area contributed by atoms with Crippen molar-refractivity contribution in [1.82, 2.24) is 19.8 Å². The maximum absolute atomic E-state index is 13.0. The zero-order valence-electron chi connectivity index (χ0n) is 13.0. The SMILES string of the molecule is CN(C)C(=O)N1CCc2nc(-c3ccc(F)cc3)[nH]c(=O)c2C1. The fourth-order valence-electron chi connectivity index (χ4n) is 2.62. The Labute approximate surface area is 132 Å². The molecule has 1 aromatic carbocycles. The maximum Gasteiger partial charge on any atom is 0.319 e. The molecule has 0 bridgehead atoms. The van der Waals surface area contributed by atoms with E-state index in [-0.39, 0.29) is 24.0 Å². The number of aromatic amines is 1. The molecule has 0 saturated heterocycles. The summed E-state index contributed by atoms with van der Waals surface area (Å²) in [6.07, 6.45) is 0.521. The molecule has 120 valence electrons. The van der Waals surface area contributed by atoms with Crippen molar-refractivity contribution in [3.05, 3.63) is 51.7 Å². The fourth-order valence-corrected chi connectivity index (χ4v) is 2.62. The molecule has 6 nitrogen and oxygen atoms in total. The van der Waals surface area contributed by atoms with Crippen LogP contribution in [0.3, 0.4) is 0 Å². The molecule has 0 fully saturated rings. The van der Waals surface area contributed by atoms with Crippen LogP contribution < -0.4 is 5.56 Å². The van der Waals surface area contributed by atoms with Gasteiger partial charge in [-0.25, -0.2) is 14.2 Å². The van der Waals surface area contributed by atoms with Crippen molar-refractivity contribution < 1.29 is 9.18 Å². The summed E-state index contributed by atoms with van der Waals surface area (Å²) >= 11 is 0. The molecular weight excluding hydrogens is 299 g/mol. The van der Waals surface area contributed by atoms with Crippen molar-refractivity contribution >= 4 is 6.03 Å². The van der Waals surface area contributed by atoms with Gasteiger partial charge in [-0.1, -0.05) is 0 Å². The largest absolute Gasteiger partial charge is 0.331 e.